The van der Waals surface area contributed by atoms with Crippen molar-refractivity contribution in [2.24, 2.45) is 11.8 Å². The third-order valence-electron chi connectivity index (χ3n) is 9.34. The molecule has 2 saturated heterocycles. The fourth-order valence-electron chi connectivity index (χ4n) is 7.44. The zero-order valence-electron chi connectivity index (χ0n) is 22.0. The van der Waals surface area contributed by atoms with Gasteiger partial charge in [0.25, 0.3) is 10.2 Å². The van der Waals surface area contributed by atoms with Crippen molar-refractivity contribution in [2.75, 3.05) is 19.6 Å². The Kier molecular flexibility index (Phi) is 7.15. The average molecular weight is 560 g/mol. The molecule has 2 aromatic rings. The highest BCUT2D eigenvalue weighted by molar-refractivity contribution is 7.87. The second kappa shape index (κ2) is 10.3. The highest BCUT2D eigenvalue weighted by Gasteiger charge is 2.60. The topological polar surface area (TPSA) is 52.7 Å². The number of benzene rings is 2. The zero-order chi connectivity index (χ0) is 27.3. The summed E-state index contributed by atoms with van der Waals surface area (Å²) in [6.07, 6.45) is 6.53. The van der Waals surface area contributed by atoms with Gasteiger partial charge in [-0.2, -0.15) is 30.6 Å². The van der Waals surface area contributed by atoms with Crippen molar-refractivity contribution in [3.8, 4) is 0 Å². The van der Waals surface area contributed by atoms with E-state index in [0.717, 1.165) is 37.9 Å². The van der Waals surface area contributed by atoms with Crippen LogP contribution >= 0.6 is 0 Å². The summed E-state index contributed by atoms with van der Waals surface area (Å²) < 4.78 is 68.3. The highest BCUT2D eigenvalue weighted by atomic mass is 32.2. The van der Waals surface area contributed by atoms with Crippen LogP contribution in [-0.4, -0.2) is 55.0 Å². The lowest BCUT2D eigenvalue weighted by Gasteiger charge is -2.34. The molecule has 2 aliphatic heterocycles. The Balaban J connectivity index is 1.20. The lowest BCUT2D eigenvalue weighted by atomic mass is 9.79. The van der Waals surface area contributed by atoms with Gasteiger partial charge in [0.1, 0.15) is 6.54 Å². The molecule has 2 bridgehead atoms. The first-order valence-electron chi connectivity index (χ1n) is 14.1. The van der Waals surface area contributed by atoms with Crippen molar-refractivity contribution < 1.29 is 21.6 Å². The maximum absolute atomic E-state index is 13.2. The van der Waals surface area contributed by atoms with Gasteiger partial charge >= 0.3 is 6.18 Å². The number of hydrogen-bond donors (Lipinski definition) is 1. The average Bonchev–Trinajstić information content (AvgIpc) is 3.27. The monoisotopic (exact) mass is 559 g/mol. The van der Waals surface area contributed by atoms with E-state index in [9.17, 15) is 21.6 Å². The number of alkyl halides is 3. The summed E-state index contributed by atoms with van der Waals surface area (Å²) in [4.78, 5) is 2.54. The second-order valence-electron chi connectivity index (χ2n) is 11.8. The van der Waals surface area contributed by atoms with Crippen LogP contribution in [0.5, 0.6) is 0 Å². The van der Waals surface area contributed by atoms with E-state index in [1.807, 2.05) is 6.07 Å². The van der Waals surface area contributed by atoms with Crippen LogP contribution in [-0.2, 0) is 29.6 Å². The Morgan fingerprint density at radius 3 is 2.46 bits per heavy atom. The van der Waals surface area contributed by atoms with Crippen molar-refractivity contribution in [3.05, 3.63) is 76.9 Å². The first-order valence-corrected chi connectivity index (χ1v) is 15.5. The van der Waals surface area contributed by atoms with E-state index in [1.165, 1.54) is 29.5 Å². The number of hydrogen-bond acceptors (Lipinski definition) is 3. The molecule has 2 aromatic carbocycles. The molecule has 4 aliphatic rings. The van der Waals surface area contributed by atoms with E-state index < -0.39 is 28.5 Å². The molecule has 4 atom stereocenters. The van der Waals surface area contributed by atoms with Gasteiger partial charge in [0.2, 0.25) is 0 Å². The van der Waals surface area contributed by atoms with E-state index in [4.69, 9.17) is 0 Å². The van der Waals surface area contributed by atoms with Crippen molar-refractivity contribution in [3.63, 3.8) is 0 Å². The molecule has 2 heterocycles. The number of nitrogens with zero attached hydrogens (tertiary/aromatic N) is 2. The maximum Gasteiger partial charge on any atom is 0.402 e. The third kappa shape index (κ3) is 5.56. The molecule has 0 aromatic heterocycles. The maximum atomic E-state index is 13.2. The Bertz CT molecular complexity index is 1330. The highest BCUT2D eigenvalue weighted by Crippen LogP contribution is 2.50. The molecule has 9 heteroatoms. The SMILES string of the molecule is O=S1(=O)N[C@]2(CN1CC(F)(F)F)[C@@H]1CC[C@H]2Cc2cc(/C=C/C3CCCCN3Cc3ccccc3)ccc2C1. The van der Waals surface area contributed by atoms with Gasteiger partial charge in [0.05, 0.1) is 5.54 Å². The summed E-state index contributed by atoms with van der Waals surface area (Å²) in [6, 6.07) is 17.4. The predicted molar refractivity (Wildman–Crippen MR) is 146 cm³/mol. The van der Waals surface area contributed by atoms with Crippen molar-refractivity contribution in [1.82, 2.24) is 13.9 Å². The fraction of sp³-hybridized carbons (Fsp3) is 0.533. The third-order valence-corrected chi connectivity index (χ3v) is 10.9. The number of halogens is 3. The van der Waals surface area contributed by atoms with Crippen LogP contribution in [0.4, 0.5) is 13.2 Å². The standard InChI is InChI=1S/C30H36F3N3O2S/c31-30(32,33)21-36-20-29(34-39(36,37)38)26-12-13-27(29)18-25-16-22(9-11-24(25)17-26)10-14-28-8-4-5-15-35(28)19-23-6-2-1-3-7-23/h1-3,6-7,9-11,14,16,26-28,34H,4-5,8,12-13,15,17-21H2/b14-10+/t26-,27+,28?,29-/m1/s1. The fourth-order valence-corrected chi connectivity index (χ4v) is 9.15. The molecule has 210 valence electrons. The summed E-state index contributed by atoms with van der Waals surface area (Å²) in [5, 5.41) is 0. The van der Waals surface area contributed by atoms with Gasteiger partial charge in [-0.1, -0.05) is 67.1 Å². The number of likely N-dealkylation sites (tertiary alicyclic amines) is 1. The molecule has 1 spiro atoms. The first kappa shape index (κ1) is 27.0. The minimum atomic E-state index is -4.57. The Labute approximate surface area is 229 Å². The molecule has 3 fully saturated rings. The summed E-state index contributed by atoms with van der Waals surface area (Å²) in [5.74, 6) is -0.0253. The summed E-state index contributed by atoms with van der Waals surface area (Å²) in [6.45, 7) is 0.477. The van der Waals surface area contributed by atoms with Crippen LogP contribution in [0.15, 0.2) is 54.6 Å². The molecule has 6 rings (SSSR count). The van der Waals surface area contributed by atoms with Crippen LogP contribution in [0.3, 0.4) is 0 Å². The van der Waals surface area contributed by atoms with Crippen molar-refractivity contribution >= 4 is 16.3 Å². The molecule has 0 radical (unpaired) electrons. The van der Waals surface area contributed by atoms with Crippen LogP contribution in [0.25, 0.3) is 6.08 Å². The lowest BCUT2D eigenvalue weighted by Crippen LogP contribution is -2.52. The van der Waals surface area contributed by atoms with Gasteiger partial charge in [-0.15, -0.1) is 0 Å². The van der Waals surface area contributed by atoms with E-state index >= 15 is 0 Å². The van der Waals surface area contributed by atoms with Crippen LogP contribution in [0, 0.1) is 11.8 Å². The van der Waals surface area contributed by atoms with Crippen molar-refractivity contribution in [1.29, 1.82) is 0 Å². The minimum Gasteiger partial charge on any atom is -0.293 e. The van der Waals surface area contributed by atoms with Gasteiger partial charge in [0, 0.05) is 19.1 Å². The van der Waals surface area contributed by atoms with Crippen LogP contribution < -0.4 is 4.72 Å². The second-order valence-corrected chi connectivity index (χ2v) is 13.5. The van der Waals surface area contributed by atoms with E-state index in [1.54, 1.807) is 0 Å². The number of piperidine rings is 1. The van der Waals surface area contributed by atoms with E-state index in [-0.39, 0.29) is 18.4 Å². The quantitative estimate of drug-likeness (QED) is 0.539. The lowest BCUT2D eigenvalue weighted by molar-refractivity contribution is -0.136. The Hall–Kier alpha value is -2.20. The van der Waals surface area contributed by atoms with Gasteiger partial charge in [-0.05, 0) is 79.2 Å². The van der Waals surface area contributed by atoms with Gasteiger partial charge < -0.3 is 0 Å². The normalized spacial score (nSPS) is 31.1. The van der Waals surface area contributed by atoms with Gasteiger partial charge in [0.15, 0.2) is 0 Å². The summed E-state index contributed by atoms with van der Waals surface area (Å²) >= 11 is 0. The predicted octanol–water partition coefficient (Wildman–Crippen LogP) is 5.33. The van der Waals surface area contributed by atoms with Crippen molar-refractivity contribution in [2.45, 2.75) is 69.2 Å². The zero-order valence-corrected chi connectivity index (χ0v) is 22.9. The van der Waals surface area contributed by atoms with E-state index in [2.05, 4.69) is 64.2 Å². The van der Waals surface area contributed by atoms with Gasteiger partial charge in [-0.25, -0.2) is 0 Å². The molecule has 1 saturated carbocycles. The molecule has 5 nitrogen and oxygen atoms in total. The van der Waals surface area contributed by atoms with Crippen LogP contribution in [0.1, 0.15) is 54.4 Å². The number of rotatable bonds is 5. The summed E-state index contributed by atoms with van der Waals surface area (Å²) in [7, 11) is -4.17. The number of nitrogens with one attached hydrogen (secondary N) is 1. The largest absolute Gasteiger partial charge is 0.402 e. The van der Waals surface area contributed by atoms with Crippen LogP contribution in [0.2, 0.25) is 0 Å². The smallest absolute Gasteiger partial charge is 0.293 e. The van der Waals surface area contributed by atoms with E-state index in [0.29, 0.717) is 23.2 Å². The molecule has 2 aliphatic carbocycles. The molecule has 39 heavy (non-hydrogen) atoms. The Morgan fingerprint density at radius 1 is 0.974 bits per heavy atom. The molecular formula is C30H36F3N3O2S. The molecular weight excluding hydrogens is 523 g/mol. The minimum absolute atomic E-state index is 0.00747. The Morgan fingerprint density at radius 2 is 1.72 bits per heavy atom. The molecule has 1 N–H and O–H groups in total. The number of fused-ring (bicyclic) bond motifs is 1. The van der Waals surface area contributed by atoms with Gasteiger partial charge in [-0.3, -0.25) is 4.90 Å². The molecule has 1 unspecified atom stereocenters. The first-order chi connectivity index (χ1) is 18.6. The summed E-state index contributed by atoms with van der Waals surface area (Å²) in [5.41, 5.74) is 4.00. The molecule has 0 amide bonds.